The van der Waals surface area contributed by atoms with Gasteiger partial charge in [-0.05, 0) is 43.2 Å². The molecule has 3 aromatic rings. The van der Waals surface area contributed by atoms with Gasteiger partial charge in [-0.3, -0.25) is 0 Å². The quantitative estimate of drug-likeness (QED) is 0.761. The third kappa shape index (κ3) is 3.40. The van der Waals surface area contributed by atoms with Crippen molar-refractivity contribution in [2.75, 3.05) is 5.32 Å². The molecule has 1 aromatic carbocycles. The number of hydrogen-bond acceptors (Lipinski definition) is 6. The Balaban J connectivity index is 1.64. The number of rotatable bonds is 4. The molecule has 26 heavy (non-hydrogen) atoms. The number of nitriles is 1. The number of aromatic nitrogens is 3. The first kappa shape index (κ1) is 16.2. The van der Waals surface area contributed by atoms with E-state index in [1.165, 1.54) is 25.0 Å². The van der Waals surface area contributed by atoms with Crippen LogP contribution < -0.4 is 5.32 Å². The molecule has 1 aliphatic rings. The lowest BCUT2D eigenvalue weighted by atomic mass is 10.1. The summed E-state index contributed by atoms with van der Waals surface area (Å²) in [5, 5.41) is 16.7. The lowest BCUT2D eigenvalue weighted by molar-refractivity contribution is 0.432. The number of hydrogen-bond donors (Lipinski definition) is 1. The first-order valence-electron chi connectivity index (χ1n) is 8.49. The summed E-state index contributed by atoms with van der Waals surface area (Å²) in [5.74, 6) is 0.132. The average molecular weight is 349 g/mol. The van der Waals surface area contributed by atoms with E-state index in [1.807, 2.05) is 12.1 Å². The Kier molecular flexibility index (Phi) is 4.32. The second-order valence-corrected chi connectivity index (χ2v) is 6.32. The maximum absolute atomic E-state index is 13.0. The first-order valence-corrected chi connectivity index (χ1v) is 8.49. The molecule has 1 N–H and O–H groups in total. The highest BCUT2D eigenvalue weighted by atomic mass is 19.1. The van der Waals surface area contributed by atoms with E-state index in [9.17, 15) is 9.65 Å². The Morgan fingerprint density at radius 3 is 2.77 bits per heavy atom. The normalized spacial score (nSPS) is 14.3. The van der Waals surface area contributed by atoms with Gasteiger partial charge in [0.1, 0.15) is 11.5 Å². The van der Waals surface area contributed by atoms with Crippen LogP contribution in [0.2, 0.25) is 0 Å². The Labute approximate surface area is 149 Å². The van der Waals surface area contributed by atoms with Crippen molar-refractivity contribution >= 4 is 5.69 Å². The molecule has 6 nitrogen and oxygen atoms in total. The van der Waals surface area contributed by atoms with Crippen LogP contribution in [-0.4, -0.2) is 21.2 Å². The fraction of sp³-hybridized carbons (Fsp3) is 0.263. The molecule has 0 amide bonds. The van der Waals surface area contributed by atoms with Crippen LogP contribution in [0.25, 0.3) is 23.0 Å². The van der Waals surface area contributed by atoms with Gasteiger partial charge in [-0.15, -0.1) is 0 Å². The van der Waals surface area contributed by atoms with Crippen molar-refractivity contribution in [1.82, 2.24) is 15.1 Å². The predicted octanol–water partition coefficient (Wildman–Crippen LogP) is 4.16. The van der Waals surface area contributed by atoms with Gasteiger partial charge in [0, 0.05) is 17.3 Å². The standard InChI is InChI=1S/C19H16FN5O/c20-14-5-6-17(22-11-14)18-24-19(26-25-18)13-7-12(10-21)8-16(9-13)23-15-3-1-2-4-15/h5-9,11,15,23H,1-4H2. The minimum Gasteiger partial charge on any atom is -0.382 e. The van der Waals surface area contributed by atoms with Crippen molar-refractivity contribution in [3.63, 3.8) is 0 Å². The van der Waals surface area contributed by atoms with Crippen LogP contribution >= 0.6 is 0 Å². The second kappa shape index (κ2) is 6.92. The van der Waals surface area contributed by atoms with Gasteiger partial charge in [0.25, 0.3) is 5.89 Å². The smallest absolute Gasteiger partial charge is 0.258 e. The molecule has 4 rings (SSSR count). The van der Waals surface area contributed by atoms with Crippen molar-refractivity contribution in [1.29, 1.82) is 5.26 Å². The van der Waals surface area contributed by atoms with E-state index in [1.54, 1.807) is 6.07 Å². The van der Waals surface area contributed by atoms with E-state index >= 15 is 0 Å². The van der Waals surface area contributed by atoms with Gasteiger partial charge in [0.05, 0.1) is 17.8 Å². The van der Waals surface area contributed by atoms with Gasteiger partial charge < -0.3 is 9.84 Å². The number of pyridine rings is 1. The van der Waals surface area contributed by atoms with E-state index in [-0.39, 0.29) is 11.7 Å². The zero-order valence-electron chi connectivity index (χ0n) is 13.9. The summed E-state index contributed by atoms with van der Waals surface area (Å²) in [6.07, 6.45) is 5.81. The van der Waals surface area contributed by atoms with Gasteiger partial charge in [-0.2, -0.15) is 10.2 Å². The number of benzene rings is 1. The highest BCUT2D eigenvalue weighted by Crippen LogP contribution is 2.28. The Morgan fingerprint density at radius 2 is 2.04 bits per heavy atom. The molecular weight excluding hydrogens is 333 g/mol. The number of nitrogens with zero attached hydrogens (tertiary/aromatic N) is 4. The molecule has 2 heterocycles. The molecule has 0 radical (unpaired) electrons. The molecule has 0 aliphatic heterocycles. The number of halogens is 1. The Hall–Kier alpha value is -3.27. The molecule has 0 saturated heterocycles. The third-order valence-corrected chi connectivity index (χ3v) is 4.42. The van der Waals surface area contributed by atoms with Crippen LogP contribution in [0, 0.1) is 17.1 Å². The molecule has 7 heteroatoms. The van der Waals surface area contributed by atoms with Crippen LogP contribution in [0.1, 0.15) is 31.2 Å². The Morgan fingerprint density at radius 1 is 1.19 bits per heavy atom. The summed E-state index contributed by atoms with van der Waals surface area (Å²) in [7, 11) is 0. The SMILES string of the molecule is N#Cc1cc(NC2CCCC2)cc(-c2nc(-c3ccc(F)cn3)no2)c1. The van der Waals surface area contributed by atoms with Crippen molar-refractivity contribution in [3.8, 4) is 29.0 Å². The maximum Gasteiger partial charge on any atom is 0.258 e. The van der Waals surface area contributed by atoms with E-state index in [0.29, 0.717) is 22.9 Å². The lowest BCUT2D eigenvalue weighted by Crippen LogP contribution is -2.14. The largest absolute Gasteiger partial charge is 0.382 e. The molecule has 2 aromatic heterocycles. The summed E-state index contributed by atoms with van der Waals surface area (Å²) in [5.41, 5.74) is 2.46. The third-order valence-electron chi connectivity index (χ3n) is 4.42. The van der Waals surface area contributed by atoms with E-state index in [4.69, 9.17) is 4.52 Å². The molecule has 1 aliphatic carbocycles. The van der Waals surface area contributed by atoms with Gasteiger partial charge in [0.15, 0.2) is 0 Å². The van der Waals surface area contributed by atoms with Crippen molar-refractivity contribution in [2.45, 2.75) is 31.7 Å². The molecule has 1 fully saturated rings. The van der Waals surface area contributed by atoms with Crippen molar-refractivity contribution in [3.05, 3.63) is 47.9 Å². The van der Waals surface area contributed by atoms with Crippen molar-refractivity contribution < 1.29 is 8.91 Å². The summed E-state index contributed by atoms with van der Waals surface area (Å²) >= 11 is 0. The summed E-state index contributed by atoms with van der Waals surface area (Å²) in [6, 6.07) is 10.8. The fourth-order valence-corrected chi connectivity index (χ4v) is 3.16. The number of nitrogens with one attached hydrogen (secondary N) is 1. The topological polar surface area (TPSA) is 87.6 Å². The molecule has 0 bridgehead atoms. The molecule has 1 saturated carbocycles. The highest BCUT2D eigenvalue weighted by Gasteiger charge is 2.17. The molecule has 0 unspecified atom stereocenters. The second-order valence-electron chi connectivity index (χ2n) is 6.32. The van der Waals surface area contributed by atoms with E-state index < -0.39 is 5.82 Å². The van der Waals surface area contributed by atoms with Crippen LogP contribution in [0.3, 0.4) is 0 Å². The summed E-state index contributed by atoms with van der Waals surface area (Å²) < 4.78 is 18.3. The first-order chi connectivity index (χ1) is 12.7. The van der Waals surface area contributed by atoms with Gasteiger partial charge in [-0.1, -0.05) is 18.0 Å². The van der Waals surface area contributed by atoms with Crippen LogP contribution in [0.4, 0.5) is 10.1 Å². The minimum absolute atomic E-state index is 0.271. The van der Waals surface area contributed by atoms with Crippen molar-refractivity contribution in [2.24, 2.45) is 0 Å². The van der Waals surface area contributed by atoms with Crippen LogP contribution in [-0.2, 0) is 0 Å². The maximum atomic E-state index is 13.0. The fourth-order valence-electron chi connectivity index (χ4n) is 3.16. The zero-order valence-corrected chi connectivity index (χ0v) is 13.9. The molecule has 0 spiro atoms. The van der Waals surface area contributed by atoms with Gasteiger partial charge in [-0.25, -0.2) is 9.37 Å². The minimum atomic E-state index is -0.429. The van der Waals surface area contributed by atoms with E-state index in [0.717, 1.165) is 24.7 Å². The highest BCUT2D eigenvalue weighted by molar-refractivity contribution is 5.66. The molecular formula is C19H16FN5O. The summed E-state index contributed by atoms with van der Waals surface area (Å²) in [6.45, 7) is 0. The summed E-state index contributed by atoms with van der Waals surface area (Å²) in [4.78, 5) is 8.28. The molecule has 130 valence electrons. The van der Waals surface area contributed by atoms with Gasteiger partial charge >= 0.3 is 0 Å². The Bertz CT molecular complexity index is 955. The van der Waals surface area contributed by atoms with Crippen LogP contribution in [0.5, 0.6) is 0 Å². The average Bonchev–Trinajstić information content (AvgIpc) is 3.34. The van der Waals surface area contributed by atoms with Gasteiger partial charge in [0.2, 0.25) is 5.82 Å². The monoisotopic (exact) mass is 349 g/mol. The molecule has 0 atom stereocenters. The van der Waals surface area contributed by atoms with E-state index in [2.05, 4.69) is 26.5 Å². The van der Waals surface area contributed by atoms with Crippen LogP contribution in [0.15, 0.2) is 41.1 Å². The predicted molar refractivity (Wildman–Crippen MR) is 93.5 cm³/mol. The number of anilines is 1. The lowest BCUT2D eigenvalue weighted by Gasteiger charge is -2.14. The zero-order chi connectivity index (χ0) is 17.9.